The molecule has 1 unspecified atom stereocenters. The zero-order valence-electron chi connectivity index (χ0n) is 17.2. The molecule has 0 amide bonds. The highest BCUT2D eigenvalue weighted by Crippen LogP contribution is 2.21. The minimum atomic E-state index is -0.298. The molecule has 0 rings (SSSR count). The van der Waals surface area contributed by atoms with E-state index >= 15 is 0 Å². The second-order valence-electron chi connectivity index (χ2n) is 7.47. The Morgan fingerprint density at radius 1 is 0.800 bits per heavy atom. The predicted molar refractivity (Wildman–Crippen MR) is 110 cm³/mol. The molecular formula is C23H44O2. The molecule has 0 aromatic heterocycles. The molecule has 0 aliphatic carbocycles. The Morgan fingerprint density at radius 2 is 1.28 bits per heavy atom. The first-order valence-corrected chi connectivity index (χ1v) is 11.0. The second kappa shape index (κ2) is 19.5. The van der Waals surface area contributed by atoms with Crippen LogP contribution in [0.25, 0.3) is 0 Å². The highest BCUT2D eigenvalue weighted by molar-refractivity contribution is 5.81. The number of carbonyl (C=O) groups is 1. The normalized spacial score (nSPS) is 12.1. The lowest BCUT2D eigenvalue weighted by Gasteiger charge is -2.14. The fraction of sp³-hybridized carbons (Fsp3) is 0.870. The molecule has 25 heavy (non-hydrogen) atoms. The van der Waals surface area contributed by atoms with Crippen LogP contribution in [0.5, 0.6) is 0 Å². The number of hydrogen-bond donors (Lipinski definition) is 0. The van der Waals surface area contributed by atoms with E-state index in [0.29, 0.717) is 6.61 Å². The zero-order chi connectivity index (χ0) is 18.6. The average Bonchev–Trinajstić information content (AvgIpc) is 2.63. The molecule has 0 fully saturated rings. The molecule has 2 heteroatoms. The van der Waals surface area contributed by atoms with Crippen molar-refractivity contribution in [1.29, 1.82) is 0 Å². The molecule has 148 valence electrons. The molecule has 0 saturated heterocycles. The number of rotatable bonds is 19. The van der Waals surface area contributed by atoms with E-state index in [9.17, 15) is 4.79 Å². The molecule has 2 nitrogen and oxygen atoms in total. The summed E-state index contributed by atoms with van der Waals surface area (Å²) in [6.45, 7) is 8.54. The smallest absolute Gasteiger partial charge is 0.330 e. The largest absolute Gasteiger partial charge is 0.463 e. The summed E-state index contributed by atoms with van der Waals surface area (Å²) in [5.41, 5.74) is 0. The van der Waals surface area contributed by atoms with Crippen molar-refractivity contribution in [3.8, 4) is 0 Å². The number of ether oxygens (including phenoxy) is 1. The van der Waals surface area contributed by atoms with Crippen molar-refractivity contribution in [2.75, 3.05) is 6.61 Å². The zero-order valence-corrected chi connectivity index (χ0v) is 17.2. The van der Waals surface area contributed by atoms with Crippen LogP contribution >= 0.6 is 0 Å². The van der Waals surface area contributed by atoms with Gasteiger partial charge in [-0.2, -0.15) is 0 Å². The predicted octanol–water partition coefficient (Wildman–Crippen LogP) is 7.61. The third-order valence-corrected chi connectivity index (χ3v) is 5.21. The highest BCUT2D eigenvalue weighted by Gasteiger charge is 2.06. The summed E-state index contributed by atoms with van der Waals surface area (Å²) in [5, 5.41) is 0. The van der Waals surface area contributed by atoms with E-state index in [4.69, 9.17) is 4.74 Å². The van der Waals surface area contributed by atoms with Gasteiger partial charge in [0.25, 0.3) is 0 Å². The van der Waals surface area contributed by atoms with E-state index in [1.165, 1.54) is 102 Å². The van der Waals surface area contributed by atoms with Crippen molar-refractivity contribution < 1.29 is 9.53 Å². The molecule has 1 atom stereocenters. The van der Waals surface area contributed by atoms with Crippen LogP contribution in [-0.2, 0) is 9.53 Å². The fourth-order valence-corrected chi connectivity index (χ4v) is 3.42. The first-order valence-electron chi connectivity index (χ1n) is 11.0. The van der Waals surface area contributed by atoms with Crippen LogP contribution in [0, 0.1) is 5.92 Å². The lowest BCUT2D eigenvalue weighted by Crippen LogP contribution is -2.04. The molecule has 0 aliphatic rings. The molecule has 0 saturated carbocycles. The van der Waals surface area contributed by atoms with Gasteiger partial charge in [-0.05, 0) is 18.8 Å². The summed E-state index contributed by atoms with van der Waals surface area (Å²) in [6, 6.07) is 0. The van der Waals surface area contributed by atoms with E-state index < -0.39 is 0 Å². The Morgan fingerprint density at radius 3 is 1.76 bits per heavy atom. The van der Waals surface area contributed by atoms with Crippen LogP contribution in [0.2, 0.25) is 0 Å². The first-order chi connectivity index (χ1) is 12.2. The molecule has 0 aromatic carbocycles. The highest BCUT2D eigenvalue weighted by atomic mass is 16.5. The van der Waals surface area contributed by atoms with E-state index in [0.717, 1.165) is 12.3 Å². The first kappa shape index (κ1) is 24.2. The van der Waals surface area contributed by atoms with E-state index in [-0.39, 0.29) is 5.97 Å². The van der Waals surface area contributed by atoms with Crippen LogP contribution in [0.4, 0.5) is 0 Å². The summed E-state index contributed by atoms with van der Waals surface area (Å²) >= 11 is 0. The molecule has 0 N–H and O–H groups in total. The van der Waals surface area contributed by atoms with Crippen LogP contribution in [-0.4, -0.2) is 12.6 Å². The summed E-state index contributed by atoms with van der Waals surface area (Å²) in [4.78, 5) is 11.0. The Labute approximate surface area is 157 Å². The summed E-state index contributed by atoms with van der Waals surface area (Å²) in [7, 11) is 0. The maximum atomic E-state index is 11.0. The van der Waals surface area contributed by atoms with Crippen LogP contribution < -0.4 is 0 Å². The van der Waals surface area contributed by atoms with E-state index in [2.05, 4.69) is 20.4 Å². The molecule has 0 aliphatic heterocycles. The van der Waals surface area contributed by atoms with Crippen molar-refractivity contribution in [2.45, 2.75) is 117 Å². The number of esters is 1. The minimum absolute atomic E-state index is 0.298. The van der Waals surface area contributed by atoms with Crippen molar-refractivity contribution in [3.05, 3.63) is 12.7 Å². The fourth-order valence-electron chi connectivity index (χ4n) is 3.42. The minimum Gasteiger partial charge on any atom is -0.463 e. The number of unbranched alkanes of at least 4 members (excludes halogenated alkanes) is 11. The second-order valence-corrected chi connectivity index (χ2v) is 7.47. The molecule has 0 bridgehead atoms. The van der Waals surface area contributed by atoms with Gasteiger partial charge < -0.3 is 4.74 Å². The van der Waals surface area contributed by atoms with Gasteiger partial charge in [-0.15, -0.1) is 0 Å². The lowest BCUT2D eigenvalue weighted by atomic mass is 9.93. The average molecular weight is 353 g/mol. The Kier molecular flexibility index (Phi) is 18.9. The van der Waals surface area contributed by atoms with Crippen molar-refractivity contribution in [1.82, 2.24) is 0 Å². The Bertz CT molecular complexity index is 298. The van der Waals surface area contributed by atoms with Gasteiger partial charge in [0.05, 0.1) is 6.61 Å². The van der Waals surface area contributed by atoms with Crippen molar-refractivity contribution in [2.24, 2.45) is 5.92 Å². The van der Waals surface area contributed by atoms with Gasteiger partial charge in [0.2, 0.25) is 0 Å². The SMILES string of the molecule is C=CC(=O)OCCCCC(CC)CCCCCCCCCCCCC. The summed E-state index contributed by atoms with van der Waals surface area (Å²) < 4.78 is 5.02. The van der Waals surface area contributed by atoms with Crippen molar-refractivity contribution >= 4 is 5.97 Å². The standard InChI is InChI=1S/C23H44O2/c1-4-7-8-9-10-11-12-13-14-15-16-19-22(5-2)20-17-18-21-25-23(24)6-3/h6,22H,3-5,7-21H2,1-2H3. The van der Waals surface area contributed by atoms with Crippen LogP contribution in [0.3, 0.4) is 0 Å². The third-order valence-electron chi connectivity index (χ3n) is 5.21. The maximum absolute atomic E-state index is 11.0. The molecule has 0 heterocycles. The van der Waals surface area contributed by atoms with Crippen LogP contribution in [0.15, 0.2) is 12.7 Å². The van der Waals surface area contributed by atoms with Gasteiger partial charge in [-0.25, -0.2) is 4.79 Å². The van der Waals surface area contributed by atoms with Gasteiger partial charge in [0.15, 0.2) is 0 Å². The quantitative estimate of drug-likeness (QED) is 0.136. The molecule has 0 aromatic rings. The monoisotopic (exact) mass is 352 g/mol. The molecule has 0 radical (unpaired) electrons. The van der Waals surface area contributed by atoms with Gasteiger partial charge >= 0.3 is 5.97 Å². The maximum Gasteiger partial charge on any atom is 0.330 e. The van der Waals surface area contributed by atoms with Gasteiger partial charge in [-0.1, -0.05) is 110 Å². The topological polar surface area (TPSA) is 26.3 Å². The Balaban J connectivity index is 3.34. The van der Waals surface area contributed by atoms with Gasteiger partial charge in [0, 0.05) is 6.08 Å². The van der Waals surface area contributed by atoms with Crippen LogP contribution in [0.1, 0.15) is 117 Å². The molecule has 0 spiro atoms. The molecular weight excluding hydrogens is 308 g/mol. The number of hydrogen-bond acceptors (Lipinski definition) is 2. The summed E-state index contributed by atoms with van der Waals surface area (Å²) in [5.74, 6) is 0.557. The van der Waals surface area contributed by atoms with Gasteiger partial charge in [-0.3, -0.25) is 0 Å². The van der Waals surface area contributed by atoms with E-state index in [1.807, 2.05) is 0 Å². The van der Waals surface area contributed by atoms with Gasteiger partial charge in [0.1, 0.15) is 0 Å². The van der Waals surface area contributed by atoms with E-state index in [1.54, 1.807) is 0 Å². The third kappa shape index (κ3) is 17.8. The number of carbonyl (C=O) groups excluding carboxylic acids is 1. The Hall–Kier alpha value is -0.790. The van der Waals surface area contributed by atoms with Crippen molar-refractivity contribution in [3.63, 3.8) is 0 Å². The summed E-state index contributed by atoms with van der Waals surface area (Å²) in [6.07, 6.45) is 22.9. The lowest BCUT2D eigenvalue weighted by molar-refractivity contribution is -0.137.